The molecule has 1 aromatic heterocycles. The summed E-state index contributed by atoms with van der Waals surface area (Å²) >= 11 is 0. The van der Waals surface area contributed by atoms with Crippen molar-refractivity contribution in [3.05, 3.63) is 36.0 Å². The highest BCUT2D eigenvalue weighted by atomic mass is 16.5. The number of piperidine rings is 1. The molecule has 0 radical (unpaired) electrons. The first-order valence-electron chi connectivity index (χ1n) is 7.89. The fourth-order valence-corrected chi connectivity index (χ4v) is 3.21. The van der Waals surface area contributed by atoms with Gasteiger partial charge in [-0.2, -0.15) is 0 Å². The molecule has 0 spiro atoms. The van der Waals surface area contributed by atoms with Crippen molar-refractivity contribution < 1.29 is 4.74 Å². The minimum atomic E-state index is 0.316. The Morgan fingerprint density at radius 2 is 2.14 bits per heavy atom. The van der Waals surface area contributed by atoms with Gasteiger partial charge in [-0.1, -0.05) is 32.0 Å². The molecule has 0 N–H and O–H groups in total. The van der Waals surface area contributed by atoms with Crippen LogP contribution in [0.3, 0.4) is 0 Å². The van der Waals surface area contributed by atoms with Gasteiger partial charge in [-0.05, 0) is 30.9 Å². The zero-order chi connectivity index (χ0) is 14.8. The number of fused-ring (bicyclic) bond motifs is 1. The van der Waals surface area contributed by atoms with E-state index >= 15 is 0 Å². The fraction of sp³-hybridized carbons (Fsp3) is 0.500. The molecule has 1 saturated heterocycles. The minimum Gasteiger partial charge on any atom is -0.379 e. The molecule has 0 saturated carbocycles. The predicted molar refractivity (Wildman–Crippen MR) is 87.9 cm³/mol. The molecule has 112 valence electrons. The quantitative estimate of drug-likeness (QED) is 0.860. The van der Waals surface area contributed by atoms with E-state index in [1.54, 1.807) is 0 Å². The normalized spacial score (nSPS) is 22.7. The second kappa shape index (κ2) is 6.02. The molecule has 1 aliphatic heterocycles. The third-order valence-corrected chi connectivity index (χ3v) is 4.64. The zero-order valence-electron chi connectivity index (χ0n) is 13.2. The standard InChI is InChI=1S/C18H24N2O/c1-4-14-11-17(15-7-5-6-8-16(15)19-14)20-10-9-13(2)18(12-20)21-3/h5-8,11,13,18H,4,9-10,12H2,1-3H3. The summed E-state index contributed by atoms with van der Waals surface area (Å²) in [6.07, 6.45) is 2.46. The van der Waals surface area contributed by atoms with Gasteiger partial charge in [0.05, 0.1) is 11.6 Å². The summed E-state index contributed by atoms with van der Waals surface area (Å²) in [5, 5.41) is 1.25. The maximum atomic E-state index is 5.67. The second-order valence-corrected chi connectivity index (χ2v) is 5.99. The number of ether oxygens (including phenoxy) is 1. The van der Waals surface area contributed by atoms with Gasteiger partial charge in [-0.3, -0.25) is 4.98 Å². The summed E-state index contributed by atoms with van der Waals surface area (Å²) in [7, 11) is 1.83. The lowest BCUT2D eigenvalue weighted by Gasteiger charge is -2.38. The molecule has 1 fully saturated rings. The third-order valence-electron chi connectivity index (χ3n) is 4.64. The first kappa shape index (κ1) is 14.3. The number of aromatic nitrogens is 1. The van der Waals surface area contributed by atoms with E-state index in [2.05, 4.69) is 49.1 Å². The van der Waals surface area contributed by atoms with Crippen LogP contribution in [0, 0.1) is 5.92 Å². The smallest absolute Gasteiger partial charge is 0.0772 e. The Balaban J connectivity index is 2.02. The monoisotopic (exact) mass is 284 g/mol. The van der Waals surface area contributed by atoms with Crippen LogP contribution >= 0.6 is 0 Å². The van der Waals surface area contributed by atoms with Crippen LogP contribution in [0.25, 0.3) is 10.9 Å². The molecule has 1 aromatic carbocycles. The number of hydrogen-bond donors (Lipinski definition) is 0. The van der Waals surface area contributed by atoms with Crippen molar-refractivity contribution in [3.63, 3.8) is 0 Å². The molecule has 2 aromatic rings. The van der Waals surface area contributed by atoms with Gasteiger partial charge in [0.25, 0.3) is 0 Å². The lowest BCUT2D eigenvalue weighted by molar-refractivity contribution is 0.0499. The molecule has 0 bridgehead atoms. The van der Waals surface area contributed by atoms with Gasteiger partial charge in [-0.25, -0.2) is 0 Å². The van der Waals surface area contributed by atoms with E-state index in [4.69, 9.17) is 9.72 Å². The van der Waals surface area contributed by atoms with Crippen LogP contribution in [0.5, 0.6) is 0 Å². The van der Waals surface area contributed by atoms with Crippen molar-refractivity contribution in [2.45, 2.75) is 32.8 Å². The number of nitrogens with zero attached hydrogens (tertiary/aromatic N) is 2. The topological polar surface area (TPSA) is 25.4 Å². The van der Waals surface area contributed by atoms with Gasteiger partial charge in [0, 0.05) is 37.0 Å². The van der Waals surface area contributed by atoms with Crippen LogP contribution in [0.2, 0.25) is 0 Å². The number of rotatable bonds is 3. The number of pyridine rings is 1. The Morgan fingerprint density at radius 3 is 2.90 bits per heavy atom. The molecule has 3 nitrogen and oxygen atoms in total. The lowest BCUT2D eigenvalue weighted by Crippen LogP contribution is -2.44. The summed E-state index contributed by atoms with van der Waals surface area (Å²) in [6, 6.07) is 10.7. The summed E-state index contributed by atoms with van der Waals surface area (Å²) in [6.45, 7) is 6.51. The SMILES string of the molecule is CCc1cc(N2CCC(C)C(OC)C2)c2ccccc2n1. The average molecular weight is 284 g/mol. The highest BCUT2D eigenvalue weighted by Gasteiger charge is 2.27. The average Bonchev–Trinajstić information content (AvgIpc) is 2.54. The summed E-state index contributed by atoms with van der Waals surface area (Å²) in [5.74, 6) is 0.630. The largest absolute Gasteiger partial charge is 0.379 e. The van der Waals surface area contributed by atoms with Crippen molar-refractivity contribution in [1.29, 1.82) is 0 Å². The van der Waals surface area contributed by atoms with Crippen LogP contribution in [-0.2, 0) is 11.2 Å². The molecular weight excluding hydrogens is 260 g/mol. The van der Waals surface area contributed by atoms with Crippen LogP contribution < -0.4 is 4.90 Å². The van der Waals surface area contributed by atoms with Crippen molar-refractivity contribution in [2.75, 3.05) is 25.1 Å². The number of aryl methyl sites for hydroxylation is 1. The zero-order valence-corrected chi connectivity index (χ0v) is 13.2. The molecule has 2 unspecified atom stereocenters. The number of methoxy groups -OCH3 is 1. The Hall–Kier alpha value is -1.61. The van der Waals surface area contributed by atoms with Gasteiger partial charge in [0.1, 0.15) is 0 Å². The van der Waals surface area contributed by atoms with E-state index in [-0.39, 0.29) is 0 Å². The van der Waals surface area contributed by atoms with E-state index in [9.17, 15) is 0 Å². The van der Waals surface area contributed by atoms with Crippen molar-refractivity contribution in [3.8, 4) is 0 Å². The molecule has 3 rings (SSSR count). The second-order valence-electron chi connectivity index (χ2n) is 5.99. The van der Waals surface area contributed by atoms with Crippen molar-refractivity contribution >= 4 is 16.6 Å². The molecule has 0 amide bonds. The first-order valence-corrected chi connectivity index (χ1v) is 7.89. The molecule has 1 aliphatic rings. The van der Waals surface area contributed by atoms with E-state index in [0.717, 1.165) is 30.7 Å². The highest BCUT2D eigenvalue weighted by molar-refractivity contribution is 5.92. The lowest BCUT2D eigenvalue weighted by atomic mass is 9.95. The van der Waals surface area contributed by atoms with Crippen LogP contribution in [-0.4, -0.2) is 31.3 Å². The molecule has 2 heterocycles. The Bertz CT molecular complexity index is 626. The summed E-state index contributed by atoms with van der Waals surface area (Å²) in [5.41, 5.74) is 3.57. The molecule has 3 heteroatoms. The van der Waals surface area contributed by atoms with Crippen molar-refractivity contribution in [1.82, 2.24) is 4.98 Å². The van der Waals surface area contributed by atoms with Gasteiger partial charge in [-0.15, -0.1) is 0 Å². The Kier molecular flexibility index (Phi) is 4.11. The summed E-state index contributed by atoms with van der Waals surface area (Å²) in [4.78, 5) is 7.22. The van der Waals surface area contributed by atoms with E-state index in [1.807, 2.05) is 7.11 Å². The van der Waals surface area contributed by atoms with Gasteiger partial charge >= 0.3 is 0 Å². The predicted octanol–water partition coefficient (Wildman–Crippen LogP) is 3.66. The number of anilines is 1. The van der Waals surface area contributed by atoms with Crippen LogP contribution in [0.4, 0.5) is 5.69 Å². The van der Waals surface area contributed by atoms with Gasteiger partial charge in [0.2, 0.25) is 0 Å². The maximum absolute atomic E-state index is 5.67. The third kappa shape index (κ3) is 2.75. The molecule has 21 heavy (non-hydrogen) atoms. The highest BCUT2D eigenvalue weighted by Crippen LogP contribution is 2.31. The Morgan fingerprint density at radius 1 is 1.33 bits per heavy atom. The van der Waals surface area contributed by atoms with Crippen molar-refractivity contribution in [2.24, 2.45) is 5.92 Å². The van der Waals surface area contributed by atoms with Crippen LogP contribution in [0.15, 0.2) is 30.3 Å². The number of benzene rings is 1. The van der Waals surface area contributed by atoms with E-state index in [1.165, 1.54) is 17.5 Å². The first-order chi connectivity index (χ1) is 10.2. The van der Waals surface area contributed by atoms with E-state index in [0.29, 0.717) is 12.0 Å². The molecular formula is C18H24N2O. The van der Waals surface area contributed by atoms with Gasteiger partial charge < -0.3 is 9.64 Å². The fourth-order valence-electron chi connectivity index (χ4n) is 3.21. The van der Waals surface area contributed by atoms with Crippen LogP contribution in [0.1, 0.15) is 26.0 Å². The summed E-state index contributed by atoms with van der Waals surface area (Å²) < 4.78 is 5.67. The molecule has 2 atom stereocenters. The van der Waals surface area contributed by atoms with Gasteiger partial charge in [0.15, 0.2) is 0 Å². The number of para-hydroxylation sites is 1. The maximum Gasteiger partial charge on any atom is 0.0772 e. The minimum absolute atomic E-state index is 0.316. The molecule has 0 aliphatic carbocycles. The van der Waals surface area contributed by atoms with E-state index < -0.39 is 0 Å². The Labute approximate surface area is 126 Å². The number of hydrogen-bond acceptors (Lipinski definition) is 3.